The molecule has 17 heavy (non-hydrogen) atoms. The molecule has 3 rings (SSSR count). The van der Waals surface area contributed by atoms with Gasteiger partial charge in [0, 0.05) is 6.61 Å². The molecule has 3 unspecified atom stereocenters. The first-order valence-electron chi connectivity index (χ1n) is 7.19. The topological polar surface area (TPSA) is 29.5 Å². The van der Waals surface area contributed by atoms with E-state index in [0.717, 1.165) is 19.4 Å². The van der Waals surface area contributed by atoms with Gasteiger partial charge in [-0.3, -0.25) is 0 Å². The van der Waals surface area contributed by atoms with Crippen LogP contribution in [0.4, 0.5) is 0 Å². The molecule has 0 amide bonds. The number of aliphatic hydroxyl groups is 1. The average molecular weight is 256 g/mol. The van der Waals surface area contributed by atoms with Crippen molar-refractivity contribution >= 4 is 11.8 Å². The average Bonchev–Trinajstić information content (AvgIpc) is 3.00. The van der Waals surface area contributed by atoms with Gasteiger partial charge >= 0.3 is 0 Å². The molecule has 3 heteroatoms. The summed E-state index contributed by atoms with van der Waals surface area (Å²) < 4.78 is 6.05. The van der Waals surface area contributed by atoms with Crippen molar-refractivity contribution in [2.24, 2.45) is 11.8 Å². The number of aliphatic hydroxyl groups excluding tert-OH is 1. The zero-order chi connectivity index (χ0) is 11.7. The second-order valence-electron chi connectivity index (χ2n) is 6.11. The normalized spacial score (nSPS) is 38.6. The van der Waals surface area contributed by atoms with E-state index in [1.807, 2.05) is 11.8 Å². The van der Waals surface area contributed by atoms with E-state index in [0.29, 0.717) is 11.8 Å². The van der Waals surface area contributed by atoms with E-state index in [1.54, 1.807) is 0 Å². The lowest BCUT2D eigenvalue weighted by Gasteiger charge is -2.41. The van der Waals surface area contributed by atoms with Crippen molar-refractivity contribution in [3.05, 3.63) is 0 Å². The van der Waals surface area contributed by atoms with Crippen molar-refractivity contribution in [1.82, 2.24) is 0 Å². The van der Waals surface area contributed by atoms with E-state index in [4.69, 9.17) is 4.74 Å². The Morgan fingerprint density at radius 3 is 2.71 bits per heavy atom. The Kier molecular flexibility index (Phi) is 3.69. The van der Waals surface area contributed by atoms with Crippen LogP contribution in [0.15, 0.2) is 0 Å². The van der Waals surface area contributed by atoms with Crippen molar-refractivity contribution < 1.29 is 9.84 Å². The number of hydrogen-bond donors (Lipinski definition) is 1. The van der Waals surface area contributed by atoms with Crippen LogP contribution >= 0.6 is 11.8 Å². The summed E-state index contributed by atoms with van der Waals surface area (Å²) >= 11 is 2.01. The zero-order valence-corrected chi connectivity index (χ0v) is 11.4. The third-order valence-corrected chi connectivity index (χ3v) is 6.16. The van der Waals surface area contributed by atoms with Gasteiger partial charge in [0.15, 0.2) is 0 Å². The predicted molar refractivity (Wildman–Crippen MR) is 71.3 cm³/mol. The second kappa shape index (κ2) is 5.10. The molecule has 3 atom stereocenters. The van der Waals surface area contributed by atoms with Gasteiger partial charge in [0.1, 0.15) is 0 Å². The highest BCUT2D eigenvalue weighted by atomic mass is 32.2. The van der Waals surface area contributed by atoms with Gasteiger partial charge in [-0.2, -0.15) is 11.8 Å². The maximum Gasteiger partial charge on any atom is 0.0686 e. The van der Waals surface area contributed by atoms with Gasteiger partial charge in [-0.1, -0.05) is 12.8 Å². The lowest BCUT2D eigenvalue weighted by atomic mass is 9.78. The molecule has 0 aromatic carbocycles. The fraction of sp³-hybridized carbons (Fsp3) is 1.00. The van der Waals surface area contributed by atoms with Gasteiger partial charge in [0.25, 0.3) is 0 Å². The third kappa shape index (κ3) is 2.52. The maximum absolute atomic E-state index is 10.5. The van der Waals surface area contributed by atoms with Gasteiger partial charge in [0.2, 0.25) is 0 Å². The van der Waals surface area contributed by atoms with Gasteiger partial charge in [-0.05, 0) is 55.4 Å². The van der Waals surface area contributed by atoms with Crippen LogP contribution in [0.3, 0.4) is 0 Å². The van der Waals surface area contributed by atoms with Crippen molar-refractivity contribution in [2.75, 3.05) is 18.1 Å². The first-order chi connectivity index (χ1) is 8.29. The molecule has 0 radical (unpaired) electrons. The van der Waals surface area contributed by atoms with Gasteiger partial charge in [0.05, 0.1) is 11.7 Å². The molecular weight excluding hydrogens is 232 g/mol. The van der Waals surface area contributed by atoms with Crippen molar-refractivity contribution in [3.8, 4) is 0 Å². The van der Waals surface area contributed by atoms with Crippen molar-refractivity contribution in [2.45, 2.75) is 56.7 Å². The quantitative estimate of drug-likeness (QED) is 0.824. The highest BCUT2D eigenvalue weighted by molar-refractivity contribution is 7.99. The Labute approximate surface area is 108 Å². The van der Waals surface area contributed by atoms with Gasteiger partial charge in [-0.25, -0.2) is 0 Å². The van der Waals surface area contributed by atoms with E-state index in [9.17, 15) is 5.11 Å². The summed E-state index contributed by atoms with van der Waals surface area (Å²) in [5.41, 5.74) is 0.162. The molecule has 1 saturated carbocycles. The number of hydrogen-bond acceptors (Lipinski definition) is 3. The number of rotatable bonds is 2. The molecule has 0 bridgehead atoms. The minimum absolute atomic E-state index is 0.0635. The summed E-state index contributed by atoms with van der Waals surface area (Å²) in [5.74, 6) is 3.48. The molecule has 98 valence electrons. The number of ether oxygens (including phenoxy) is 1. The van der Waals surface area contributed by atoms with E-state index in [-0.39, 0.29) is 11.7 Å². The summed E-state index contributed by atoms with van der Waals surface area (Å²) in [7, 11) is 0. The molecular formula is C14H24O2S. The van der Waals surface area contributed by atoms with Crippen LogP contribution in [0, 0.1) is 11.8 Å². The molecule has 1 aliphatic carbocycles. The Balaban J connectivity index is 1.62. The van der Waals surface area contributed by atoms with Crippen LogP contribution in [-0.4, -0.2) is 34.9 Å². The lowest BCUT2D eigenvalue weighted by molar-refractivity contribution is -0.118. The first kappa shape index (κ1) is 12.3. The molecule has 2 saturated heterocycles. The van der Waals surface area contributed by atoms with E-state index < -0.39 is 0 Å². The van der Waals surface area contributed by atoms with Crippen LogP contribution < -0.4 is 0 Å². The highest BCUT2D eigenvalue weighted by Gasteiger charge is 2.43. The standard InChI is InChI=1S/C14H24O2S/c15-13(12-4-8-17-10-12)11-3-7-16-14(9-11)5-1-2-6-14/h11-13,15H,1-10H2. The van der Waals surface area contributed by atoms with Crippen LogP contribution in [0.2, 0.25) is 0 Å². The van der Waals surface area contributed by atoms with Crippen LogP contribution in [-0.2, 0) is 4.74 Å². The molecule has 1 N–H and O–H groups in total. The van der Waals surface area contributed by atoms with E-state index in [1.165, 1.54) is 43.6 Å². The molecule has 2 heterocycles. The predicted octanol–water partition coefficient (Wildman–Crippen LogP) is 2.84. The molecule has 2 nitrogen and oxygen atoms in total. The largest absolute Gasteiger partial charge is 0.393 e. The second-order valence-corrected chi connectivity index (χ2v) is 7.26. The van der Waals surface area contributed by atoms with Crippen LogP contribution in [0.1, 0.15) is 44.9 Å². The Bertz CT molecular complexity index is 257. The van der Waals surface area contributed by atoms with Crippen LogP contribution in [0.25, 0.3) is 0 Å². The Morgan fingerprint density at radius 2 is 2.00 bits per heavy atom. The molecule has 1 spiro atoms. The fourth-order valence-corrected chi connectivity index (χ4v) is 5.23. The molecule has 0 aromatic rings. The number of thioether (sulfide) groups is 1. The third-order valence-electron chi connectivity index (χ3n) is 4.98. The summed E-state index contributed by atoms with van der Waals surface area (Å²) in [6, 6.07) is 0. The smallest absolute Gasteiger partial charge is 0.0686 e. The van der Waals surface area contributed by atoms with Crippen molar-refractivity contribution in [3.63, 3.8) is 0 Å². The SMILES string of the molecule is OC(C1CCSC1)C1CCOC2(CCCC2)C1. The summed E-state index contributed by atoms with van der Waals surface area (Å²) in [6.07, 6.45) is 8.46. The fourth-order valence-electron chi connectivity index (χ4n) is 3.93. The lowest BCUT2D eigenvalue weighted by Crippen LogP contribution is -2.43. The minimum atomic E-state index is -0.0635. The maximum atomic E-state index is 10.5. The monoisotopic (exact) mass is 256 g/mol. The summed E-state index contributed by atoms with van der Waals surface area (Å²) in [5, 5.41) is 10.5. The van der Waals surface area contributed by atoms with Gasteiger partial charge < -0.3 is 9.84 Å². The molecule has 2 aliphatic heterocycles. The molecule has 0 aromatic heterocycles. The zero-order valence-electron chi connectivity index (χ0n) is 10.6. The Morgan fingerprint density at radius 1 is 1.18 bits per heavy atom. The molecule has 3 fully saturated rings. The van der Waals surface area contributed by atoms with E-state index >= 15 is 0 Å². The minimum Gasteiger partial charge on any atom is -0.393 e. The Hall–Kier alpha value is 0.270. The summed E-state index contributed by atoms with van der Waals surface area (Å²) in [4.78, 5) is 0. The summed E-state index contributed by atoms with van der Waals surface area (Å²) in [6.45, 7) is 0.877. The van der Waals surface area contributed by atoms with Crippen molar-refractivity contribution in [1.29, 1.82) is 0 Å². The van der Waals surface area contributed by atoms with E-state index in [2.05, 4.69) is 0 Å². The highest BCUT2D eigenvalue weighted by Crippen LogP contribution is 2.44. The van der Waals surface area contributed by atoms with Gasteiger partial charge in [-0.15, -0.1) is 0 Å². The molecule has 3 aliphatic rings. The first-order valence-corrected chi connectivity index (χ1v) is 8.34. The van der Waals surface area contributed by atoms with Crippen LogP contribution in [0.5, 0.6) is 0 Å².